The number of aliphatic hydroxyl groups excluding tert-OH is 1. The molecule has 0 spiro atoms. The number of esters is 1. The van der Waals surface area contributed by atoms with Gasteiger partial charge in [-0.05, 0) is 31.5 Å². The molecule has 36 heavy (non-hydrogen) atoms. The number of aryl methyl sites for hydroxylation is 1. The number of carbonyl (C=O) groups is 2. The van der Waals surface area contributed by atoms with E-state index in [0.29, 0.717) is 5.56 Å². The summed E-state index contributed by atoms with van der Waals surface area (Å²) in [6.07, 6.45) is 1.04. The summed E-state index contributed by atoms with van der Waals surface area (Å²) in [7, 11) is 0. The van der Waals surface area contributed by atoms with E-state index in [2.05, 4.69) is 9.55 Å². The second kappa shape index (κ2) is 9.56. The molecular formula is C24H26N4O6S2. The third kappa shape index (κ3) is 4.20. The number of aromatic nitrogens is 2. The van der Waals surface area contributed by atoms with Crippen molar-refractivity contribution in [2.75, 3.05) is 5.75 Å². The van der Waals surface area contributed by atoms with Gasteiger partial charge in [0.25, 0.3) is 5.69 Å². The lowest BCUT2D eigenvalue weighted by Crippen LogP contribution is -2.63. The SMILES string of the molecule is Cc1cnc2n1CC(SC1=C(C(=O)OCc3ccc([N+](=O)[O-])cc3)N3C(=O)[C@H]([C@@H](C)O)[C@H]3[C@H]1C)CS2. The molecule has 190 valence electrons. The Balaban J connectivity index is 1.38. The van der Waals surface area contributed by atoms with Crippen LogP contribution in [0.1, 0.15) is 25.1 Å². The number of amides is 1. The summed E-state index contributed by atoms with van der Waals surface area (Å²) >= 11 is 3.27. The molecule has 2 aromatic rings. The summed E-state index contributed by atoms with van der Waals surface area (Å²) in [5, 5.41) is 22.3. The minimum Gasteiger partial charge on any atom is -0.456 e. The molecule has 12 heteroatoms. The molecule has 5 rings (SSSR count). The predicted molar refractivity (Wildman–Crippen MR) is 134 cm³/mol. The first-order valence-electron chi connectivity index (χ1n) is 11.6. The van der Waals surface area contributed by atoms with Gasteiger partial charge in [-0.2, -0.15) is 0 Å². The zero-order chi connectivity index (χ0) is 25.7. The number of nitrogens with zero attached hydrogens (tertiary/aromatic N) is 4. The molecule has 0 saturated carbocycles. The number of nitro groups is 1. The van der Waals surface area contributed by atoms with E-state index in [1.165, 1.54) is 29.2 Å². The van der Waals surface area contributed by atoms with Crippen molar-refractivity contribution >= 4 is 41.1 Å². The second-order valence-corrected chi connectivity index (χ2v) is 11.6. The number of hydrogen-bond acceptors (Lipinski definition) is 9. The van der Waals surface area contributed by atoms with Crippen LogP contribution in [0.15, 0.2) is 46.2 Å². The van der Waals surface area contributed by atoms with Crippen molar-refractivity contribution in [3.8, 4) is 0 Å². The van der Waals surface area contributed by atoms with E-state index in [1.807, 2.05) is 20.0 Å². The minimum absolute atomic E-state index is 0.0455. The average molecular weight is 531 g/mol. The van der Waals surface area contributed by atoms with Crippen LogP contribution in [0.25, 0.3) is 0 Å². The number of non-ortho nitro benzene ring substituents is 1. The van der Waals surface area contributed by atoms with E-state index in [9.17, 15) is 24.8 Å². The highest BCUT2D eigenvalue weighted by Gasteiger charge is 2.60. The molecule has 1 unspecified atom stereocenters. The fourth-order valence-electron chi connectivity index (χ4n) is 5.05. The first-order valence-corrected chi connectivity index (χ1v) is 13.5. The number of nitro benzene ring substituents is 1. The van der Waals surface area contributed by atoms with Crippen LogP contribution in [0.3, 0.4) is 0 Å². The van der Waals surface area contributed by atoms with E-state index < -0.39 is 22.9 Å². The quantitative estimate of drug-likeness (QED) is 0.248. The van der Waals surface area contributed by atoms with Crippen molar-refractivity contribution in [3.63, 3.8) is 0 Å². The number of benzene rings is 1. The maximum Gasteiger partial charge on any atom is 0.356 e. The molecule has 0 bridgehead atoms. The lowest BCUT2D eigenvalue weighted by molar-refractivity contribution is -0.384. The van der Waals surface area contributed by atoms with Gasteiger partial charge in [0.2, 0.25) is 5.91 Å². The standard InChI is InChI=1S/C24H26N4O6S2/c1-12-8-25-24-26(12)9-17(11-35-24)36-21-13(2)19-18(14(3)29)22(30)27(19)20(21)23(31)34-10-15-4-6-16(7-5-15)28(32)33/h4-8,13-14,17-19,29H,9-11H2,1-3H3/t13-,14-,17?,18-,19-/m1/s1. The van der Waals surface area contributed by atoms with Gasteiger partial charge in [0.05, 0.1) is 23.0 Å². The van der Waals surface area contributed by atoms with Crippen LogP contribution in [-0.2, 0) is 27.5 Å². The molecule has 5 atom stereocenters. The Morgan fingerprint density at radius 3 is 2.78 bits per heavy atom. The van der Waals surface area contributed by atoms with Gasteiger partial charge >= 0.3 is 5.97 Å². The molecule has 1 N–H and O–H groups in total. The van der Waals surface area contributed by atoms with Gasteiger partial charge in [0, 0.05) is 52.4 Å². The maximum absolute atomic E-state index is 13.3. The summed E-state index contributed by atoms with van der Waals surface area (Å²) in [6, 6.07) is 5.51. The molecule has 1 aromatic heterocycles. The largest absolute Gasteiger partial charge is 0.456 e. The van der Waals surface area contributed by atoms with Crippen LogP contribution >= 0.6 is 23.5 Å². The van der Waals surface area contributed by atoms with Crippen molar-refractivity contribution < 1.29 is 24.4 Å². The fourth-order valence-corrected chi connectivity index (χ4v) is 7.70. The fraction of sp³-hybridized carbons (Fsp3) is 0.458. The molecule has 1 saturated heterocycles. The third-order valence-corrected chi connectivity index (χ3v) is 9.75. The number of thioether (sulfide) groups is 2. The number of hydrogen-bond donors (Lipinski definition) is 1. The zero-order valence-electron chi connectivity index (χ0n) is 20.0. The Morgan fingerprint density at radius 2 is 2.11 bits per heavy atom. The summed E-state index contributed by atoms with van der Waals surface area (Å²) < 4.78 is 7.75. The monoisotopic (exact) mass is 530 g/mol. The van der Waals surface area contributed by atoms with Crippen molar-refractivity contribution in [2.24, 2.45) is 11.8 Å². The average Bonchev–Trinajstić information content (AvgIpc) is 3.33. The summed E-state index contributed by atoms with van der Waals surface area (Å²) in [5.74, 6) is -0.736. The van der Waals surface area contributed by atoms with E-state index in [4.69, 9.17) is 4.74 Å². The molecule has 1 aromatic carbocycles. The zero-order valence-corrected chi connectivity index (χ0v) is 21.6. The predicted octanol–water partition coefficient (Wildman–Crippen LogP) is 3.12. The molecular weight excluding hydrogens is 504 g/mol. The third-order valence-electron chi connectivity index (χ3n) is 6.92. The minimum atomic E-state index is -0.815. The topological polar surface area (TPSA) is 128 Å². The molecule has 3 aliphatic rings. The highest BCUT2D eigenvalue weighted by atomic mass is 32.2. The van der Waals surface area contributed by atoms with Gasteiger partial charge in [-0.3, -0.25) is 14.9 Å². The van der Waals surface area contributed by atoms with Crippen molar-refractivity contribution in [1.29, 1.82) is 0 Å². The summed E-state index contributed by atoms with van der Waals surface area (Å²) in [6.45, 7) is 6.28. The maximum atomic E-state index is 13.3. The number of ether oxygens (including phenoxy) is 1. The number of fused-ring (bicyclic) bond motifs is 2. The highest BCUT2D eigenvalue weighted by Crippen LogP contribution is 2.52. The first kappa shape index (κ1) is 24.8. The molecule has 1 fully saturated rings. The van der Waals surface area contributed by atoms with E-state index in [0.717, 1.165) is 28.1 Å². The Labute approximate surface area is 216 Å². The van der Waals surface area contributed by atoms with Crippen LogP contribution in [0, 0.1) is 28.9 Å². The van der Waals surface area contributed by atoms with Gasteiger partial charge in [-0.1, -0.05) is 18.7 Å². The van der Waals surface area contributed by atoms with Gasteiger partial charge in [-0.25, -0.2) is 9.78 Å². The molecule has 10 nitrogen and oxygen atoms in total. The van der Waals surface area contributed by atoms with Crippen LogP contribution in [0.4, 0.5) is 5.69 Å². The van der Waals surface area contributed by atoms with Crippen LogP contribution < -0.4 is 0 Å². The first-order chi connectivity index (χ1) is 17.2. The van der Waals surface area contributed by atoms with Gasteiger partial charge in [0.15, 0.2) is 5.16 Å². The van der Waals surface area contributed by atoms with Crippen LogP contribution in [0.2, 0.25) is 0 Å². The number of β-lactam (4-membered cyclic amide) rings is 1. The van der Waals surface area contributed by atoms with Crippen LogP contribution in [0.5, 0.6) is 0 Å². The van der Waals surface area contributed by atoms with Crippen molar-refractivity contribution in [3.05, 3.63) is 62.4 Å². The second-order valence-electron chi connectivity index (χ2n) is 9.31. The molecule has 0 aliphatic carbocycles. The van der Waals surface area contributed by atoms with Gasteiger partial charge in [-0.15, -0.1) is 11.8 Å². The van der Waals surface area contributed by atoms with Crippen molar-refractivity contribution in [1.82, 2.24) is 14.5 Å². The Kier molecular flexibility index (Phi) is 6.60. The van der Waals surface area contributed by atoms with E-state index in [1.54, 1.807) is 30.4 Å². The Morgan fingerprint density at radius 1 is 1.39 bits per heavy atom. The number of aliphatic hydroxyl groups is 1. The van der Waals surface area contributed by atoms with E-state index >= 15 is 0 Å². The van der Waals surface area contributed by atoms with Gasteiger partial charge < -0.3 is 19.3 Å². The van der Waals surface area contributed by atoms with Crippen LogP contribution in [-0.4, -0.2) is 59.5 Å². The highest BCUT2D eigenvalue weighted by molar-refractivity contribution is 8.05. The van der Waals surface area contributed by atoms with Crippen molar-refractivity contribution in [2.45, 2.75) is 56.5 Å². The summed E-state index contributed by atoms with van der Waals surface area (Å²) in [4.78, 5) is 43.4. The van der Waals surface area contributed by atoms with E-state index in [-0.39, 0.29) is 41.1 Å². The molecule has 1 amide bonds. The Bertz CT molecular complexity index is 1260. The van der Waals surface area contributed by atoms with Gasteiger partial charge in [0.1, 0.15) is 12.3 Å². The molecule has 0 radical (unpaired) electrons. The number of carbonyl (C=O) groups excluding carboxylic acids is 2. The molecule has 4 heterocycles. The lowest BCUT2D eigenvalue weighted by Gasteiger charge is -2.46. The molecule has 3 aliphatic heterocycles. The normalized spacial score (nSPS) is 25.8. The number of imidazole rings is 1. The summed E-state index contributed by atoms with van der Waals surface area (Å²) in [5.41, 5.74) is 1.89. The number of rotatable bonds is 7. The smallest absolute Gasteiger partial charge is 0.356 e. The lowest BCUT2D eigenvalue weighted by atomic mass is 9.79. The Hall–Kier alpha value is -2.83.